The summed E-state index contributed by atoms with van der Waals surface area (Å²) in [6.07, 6.45) is 3.32. The lowest BCUT2D eigenvalue weighted by molar-refractivity contribution is 0.554. The zero-order valence-corrected chi connectivity index (χ0v) is 8.62. The van der Waals surface area contributed by atoms with E-state index in [1.165, 1.54) is 0 Å². The van der Waals surface area contributed by atoms with E-state index in [9.17, 15) is 8.60 Å². The monoisotopic (exact) mass is 195 g/mol. The lowest BCUT2D eigenvalue weighted by atomic mass is 10.2. The topological polar surface area (TPSA) is 40.9 Å². The fourth-order valence-corrected chi connectivity index (χ4v) is 2.45. The van der Waals surface area contributed by atoms with Gasteiger partial charge in [-0.1, -0.05) is 26.7 Å². The van der Waals surface area contributed by atoms with Crippen LogP contribution in [0.3, 0.4) is 0 Å². The third-order valence-electron chi connectivity index (χ3n) is 2.04. The van der Waals surface area contributed by atoms with Crippen LogP contribution >= 0.6 is 0 Å². The van der Waals surface area contributed by atoms with E-state index in [1.807, 2.05) is 13.8 Å². The fourth-order valence-electron chi connectivity index (χ4n) is 1.18. The Kier molecular flexibility index (Phi) is 5.46. The van der Waals surface area contributed by atoms with Crippen molar-refractivity contribution in [2.75, 3.05) is 6.01 Å². The highest BCUT2D eigenvalue weighted by molar-refractivity contribution is 7.92. The number of halogens is 1. The van der Waals surface area contributed by atoms with Crippen molar-refractivity contribution in [3.63, 3.8) is 0 Å². The molecular weight excluding hydrogens is 177 g/mol. The number of nitrogens with one attached hydrogen (secondary N) is 1. The lowest BCUT2D eigenvalue weighted by Gasteiger charge is -2.15. The molecule has 0 aliphatic carbocycles. The smallest absolute Gasteiger partial charge is 0.172 e. The molecule has 0 spiro atoms. The molecule has 0 fully saturated rings. The number of alkyl halides is 1. The van der Waals surface area contributed by atoms with E-state index >= 15 is 0 Å². The van der Waals surface area contributed by atoms with Crippen LogP contribution in [0.1, 0.15) is 39.5 Å². The van der Waals surface area contributed by atoms with Crippen molar-refractivity contribution in [2.45, 2.75) is 44.8 Å². The maximum Gasteiger partial charge on any atom is 0.172 e. The second-order valence-corrected chi connectivity index (χ2v) is 5.35. The third kappa shape index (κ3) is 3.52. The van der Waals surface area contributed by atoms with Gasteiger partial charge in [0.2, 0.25) is 0 Å². The summed E-state index contributed by atoms with van der Waals surface area (Å²) >= 11 is 0. The van der Waals surface area contributed by atoms with E-state index in [0.717, 1.165) is 19.3 Å². The van der Waals surface area contributed by atoms with Crippen molar-refractivity contribution in [2.24, 2.45) is 0 Å². The Morgan fingerprint density at radius 3 is 2.42 bits per heavy atom. The molecule has 0 aromatic rings. The Morgan fingerprint density at radius 2 is 2.08 bits per heavy atom. The lowest BCUT2D eigenvalue weighted by Crippen LogP contribution is -2.20. The SMILES string of the molecule is CCCC[C@H](CC)[S@@](=N)(=O)CF. The van der Waals surface area contributed by atoms with Gasteiger partial charge in [-0.25, -0.2) is 8.60 Å². The van der Waals surface area contributed by atoms with Crippen molar-refractivity contribution in [3.05, 3.63) is 0 Å². The normalized spacial score (nSPS) is 18.6. The van der Waals surface area contributed by atoms with Crippen LogP contribution in [0.5, 0.6) is 0 Å². The third-order valence-corrected chi connectivity index (χ3v) is 4.01. The van der Waals surface area contributed by atoms with Gasteiger partial charge in [-0.15, -0.1) is 0 Å². The van der Waals surface area contributed by atoms with E-state index in [2.05, 4.69) is 0 Å². The highest BCUT2D eigenvalue weighted by Gasteiger charge is 2.18. The number of hydrogen-bond acceptors (Lipinski definition) is 2. The summed E-state index contributed by atoms with van der Waals surface area (Å²) in [6.45, 7) is 3.90. The van der Waals surface area contributed by atoms with E-state index in [-0.39, 0.29) is 5.25 Å². The zero-order chi connectivity index (χ0) is 9.61. The van der Waals surface area contributed by atoms with E-state index in [1.54, 1.807) is 0 Å². The maximum atomic E-state index is 12.2. The van der Waals surface area contributed by atoms with Crippen LogP contribution in [0, 0.1) is 4.78 Å². The molecule has 0 heterocycles. The molecule has 1 N–H and O–H groups in total. The average molecular weight is 195 g/mol. The van der Waals surface area contributed by atoms with Gasteiger partial charge in [-0.05, 0) is 12.8 Å². The van der Waals surface area contributed by atoms with Crippen LogP contribution in [0.4, 0.5) is 4.39 Å². The highest BCUT2D eigenvalue weighted by atomic mass is 32.2. The first-order valence-corrected chi connectivity index (χ1v) is 6.18. The van der Waals surface area contributed by atoms with Crippen molar-refractivity contribution in [1.82, 2.24) is 0 Å². The predicted molar refractivity (Wildman–Crippen MR) is 50.4 cm³/mol. The maximum absolute atomic E-state index is 12.2. The Bertz CT molecular complexity index is 201. The molecule has 0 radical (unpaired) electrons. The molecule has 0 saturated carbocycles. The van der Waals surface area contributed by atoms with Gasteiger partial charge < -0.3 is 0 Å². The summed E-state index contributed by atoms with van der Waals surface area (Å²) in [5.41, 5.74) is 0. The predicted octanol–water partition coefficient (Wildman–Crippen LogP) is 2.93. The summed E-state index contributed by atoms with van der Waals surface area (Å²) in [5, 5.41) is -0.248. The Hall–Kier alpha value is -0.120. The molecule has 0 aliphatic heterocycles. The summed E-state index contributed by atoms with van der Waals surface area (Å²) in [5.74, 6) is 0. The summed E-state index contributed by atoms with van der Waals surface area (Å²) in [4.78, 5) is 0. The minimum absolute atomic E-state index is 0.248. The molecule has 2 nitrogen and oxygen atoms in total. The summed E-state index contributed by atoms with van der Waals surface area (Å²) in [6, 6.07) is -0.991. The second-order valence-electron chi connectivity index (χ2n) is 3.01. The number of rotatable bonds is 6. The fraction of sp³-hybridized carbons (Fsp3) is 1.00. The van der Waals surface area contributed by atoms with Crippen molar-refractivity contribution < 1.29 is 8.60 Å². The van der Waals surface area contributed by atoms with Gasteiger partial charge in [0.25, 0.3) is 0 Å². The molecule has 0 bridgehead atoms. The molecular formula is C8H18FNOS. The summed E-state index contributed by atoms with van der Waals surface area (Å²) in [7, 11) is -2.95. The Morgan fingerprint density at radius 1 is 1.50 bits per heavy atom. The van der Waals surface area contributed by atoms with Crippen LogP contribution in [0.25, 0.3) is 0 Å². The number of unbranched alkanes of at least 4 members (excludes halogenated alkanes) is 1. The Balaban J connectivity index is 4.15. The first-order chi connectivity index (χ1) is 5.58. The van der Waals surface area contributed by atoms with Gasteiger partial charge in [0.15, 0.2) is 6.01 Å². The molecule has 0 saturated heterocycles. The van der Waals surface area contributed by atoms with Gasteiger partial charge in [0.05, 0.1) is 9.73 Å². The second kappa shape index (κ2) is 5.51. The van der Waals surface area contributed by atoms with Crippen LogP contribution in [-0.2, 0) is 9.73 Å². The van der Waals surface area contributed by atoms with Gasteiger partial charge in [0, 0.05) is 5.25 Å². The first-order valence-electron chi connectivity index (χ1n) is 4.39. The summed E-state index contributed by atoms with van der Waals surface area (Å²) < 4.78 is 30.7. The van der Waals surface area contributed by atoms with Crippen LogP contribution in [0.15, 0.2) is 0 Å². The van der Waals surface area contributed by atoms with Crippen molar-refractivity contribution in [3.8, 4) is 0 Å². The average Bonchev–Trinajstić information content (AvgIpc) is 2.05. The Labute approximate surface area is 74.5 Å². The van der Waals surface area contributed by atoms with Gasteiger partial charge in [-0.2, -0.15) is 0 Å². The zero-order valence-electron chi connectivity index (χ0n) is 7.81. The molecule has 0 unspecified atom stereocenters. The molecule has 0 aromatic carbocycles. The molecule has 12 heavy (non-hydrogen) atoms. The molecule has 4 heteroatoms. The van der Waals surface area contributed by atoms with Crippen molar-refractivity contribution >= 4 is 9.73 Å². The molecule has 2 atom stereocenters. The van der Waals surface area contributed by atoms with E-state index in [0.29, 0.717) is 6.42 Å². The molecule has 0 aliphatic rings. The number of hydrogen-bond donors (Lipinski definition) is 1. The molecule has 74 valence electrons. The quantitative estimate of drug-likeness (QED) is 0.695. The molecule has 0 rings (SSSR count). The van der Waals surface area contributed by atoms with Crippen LogP contribution in [0.2, 0.25) is 0 Å². The van der Waals surface area contributed by atoms with Crippen LogP contribution < -0.4 is 0 Å². The molecule has 0 amide bonds. The minimum atomic E-state index is -2.95. The standard InChI is InChI=1S/C8H18FNOS/c1-3-5-6-8(4-2)12(10,11)7-9/h8,10H,3-7H2,1-2H3/t8-,12-/m0/s1. The van der Waals surface area contributed by atoms with Gasteiger partial charge in [-0.3, -0.25) is 4.78 Å². The largest absolute Gasteiger partial charge is 0.250 e. The van der Waals surface area contributed by atoms with E-state index < -0.39 is 15.7 Å². The van der Waals surface area contributed by atoms with Gasteiger partial charge >= 0.3 is 0 Å². The minimum Gasteiger partial charge on any atom is -0.250 e. The van der Waals surface area contributed by atoms with Crippen LogP contribution in [-0.4, -0.2) is 15.5 Å². The van der Waals surface area contributed by atoms with Gasteiger partial charge in [0.1, 0.15) is 0 Å². The molecule has 0 aromatic heterocycles. The van der Waals surface area contributed by atoms with E-state index in [4.69, 9.17) is 4.78 Å². The van der Waals surface area contributed by atoms with Crippen molar-refractivity contribution in [1.29, 1.82) is 4.78 Å². The first kappa shape index (κ1) is 11.9. The highest BCUT2D eigenvalue weighted by Crippen LogP contribution is 2.15.